The van der Waals surface area contributed by atoms with Crippen LogP contribution in [0, 0.1) is 0 Å². The Morgan fingerprint density at radius 2 is 0.952 bits per heavy atom. The Hall–Kier alpha value is -7.94. The Balaban J connectivity index is 1.04. The summed E-state index contributed by atoms with van der Waals surface area (Å²) in [6.07, 6.45) is 1.89. The second-order valence-corrected chi connectivity index (χ2v) is 16.3. The third kappa shape index (κ3) is 6.11. The molecule has 2 nitrogen and oxygen atoms in total. The zero-order valence-electron chi connectivity index (χ0n) is 34.1. The van der Waals surface area contributed by atoms with Gasteiger partial charge in [-0.2, -0.15) is 0 Å². The predicted octanol–water partition coefficient (Wildman–Crippen LogP) is 16.6. The van der Waals surface area contributed by atoms with Crippen LogP contribution in [-0.4, -0.2) is 0 Å². The number of furan rings is 1. The van der Waals surface area contributed by atoms with Crippen molar-refractivity contribution < 1.29 is 4.42 Å². The van der Waals surface area contributed by atoms with Crippen molar-refractivity contribution >= 4 is 49.6 Å². The zero-order valence-corrected chi connectivity index (χ0v) is 34.1. The normalized spacial score (nSPS) is 12.1. The fourth-order valence-corrected chi connectivity index (χ4v) is 9.83. The van der Waals surface area contributed by atoms with Gasteiger partial charge in [-0.25, -0.2) is 0 Å². The molecule has 0 atom stereocenters. The first-order chi connectivity index (χ1) is 30.7. The van der Waals surface area contributed by atoms with Crippen LogP contribution in [0.25, 0.3) is 88.1 Å². The van der Waals surface area contributed by atoms with Crippen LogP contribution < -0.4 is 4.90 Å². The molecule has 1 heterocycles. The second kappa shape index (κ2) is 15.0. The number of benzene rings is 10. The smallest absolute Gasteiger partial charge is 0.134 e. The van der Waals surface area contributed by atoms with Gasteiger partial charge in [-0.15, -0.1) is 0 Å². The molecule has 1 aromatic heterocycles. The van der Waals surface area contributed by atoms with Crippen LogP contribution >= 0.6 is 0 Å². The summed E-state index contributed by atoms with van der Waals surface area (Å²) < 4.78 is 6.42. The molecule has 0 N–H and O–H groups in total. The molecule has 0 saturated carbocycles. The summed E-state index contributed by atoms with van der Waals surface area (Å²) in [4.78, 5) is 2.43. The number of fused-ring (bicyclic) bond motifs is 8. The molecule has 0 spiro atoms. The lowest BCUT2D eigenvalue weighted by Gasteiger charge is -2.29. The van der Waals surface area contributed by atoms with E-state index in [-0.39, 0.29) is 0 Å². The van der Waals surface area contributed by atoms with E-state index in [1.54, 1.807) is 0 Å². The summed E-state index contributed by atoms with van der Waals surface area (Å²) in [5.41, 5.74) is 17.6. The van der Waals surface area contributed by atoms with Crippen LogP contribution in [0.3, 0.4) is 0 Å². The molecule has 1 aliphatic rings. The van der Waals surface area contributed by atoms with Gasteiger partial charge in [0.25, 0.3) is 0 Å². The molecule has 0 amide bonds. The van der Waals surface area contributed by atoms with E-state index >= 15 is 0 Å². The van der Waals surface area contributed by atoms with Gasteiger partial charge in [-0.1, -0.05) is 176 Å². The maximum atomic E-state index is 6.42. The minimum absolute atomic E-state index is 0.917. The molecule has 11 aromatic rings. The molecular weight excluding hydrogens is 751 g/mol. The Bertz CT molecular complexity index is 3450. The molecule has 0 fully saturated rings. The largest absolute Gasteiger partial charge is 0.460 e. The van der Waals surface area contributed by atoms with Crippen molar-refractivity contribution in [1.82, 2.24) is 0 Å². The molecule has 2 heteroatoms. The molecule has 12 rings (SSSR count). The van der Waals surface area contributed by atoms with Gasteiger partial charge in [0.1, 0.15) is 11.3 Å². The van der Waals surface area contributed by atoms with Crippen molar-refractivity contribution in [1.29, 1.82) is 0 Å². The summed E-state index contributed by atoms with van der Waals surface area (Å²) in [7, 11) is 0. The molecule has 0 aliphatic heterocycles. The van der Waals surface area contributed by atoms with E-state index in [1.807, 2.05) is 0 Å². The van der Waals surface area contributed by atoms with Crippen molar-refractivity contribution in [3.8, 4) is 55.6 Å². The Morgan fingerprint density at radius 3 is 1.76 bits per heavy atom. The average Bonchev–Trinajstić information content (AvgIpc) is 3.74. The van der Waals surface area contributed by atoms with Crippen LogP contribution in [-0.2, 0) is 12.8 Å². The number of hydrogen-bond donors (Lipinski definition) is 0. The lowest BCUT2D eigenvalue weighted by atomic mass is 9.85. The molecular formula is C60H41NO. The van der Waals surface area contributed by atoms with E-state index in [0.717, 1.165) is 41.2 Å². The van der Waals surface area contributed by atoms with Crippen molar-refractivity contribution in [3.05, 3.63) is 236 Å². The molecule has 0 saturated heterocycles. The van der Waals surface area contributed by atoms with Gasteiger partial charge in [-0.3, -0.25) is 0 Å². The molecule has 0 unspecified atom stereocenters. The van der Waals surface area contributed by atoms with E-state index < -0.39 is 0 Å². The van der Waals surface area contributed by atoms with E-state index in [2.05, 4.69) is 229 Å². The predicted molar refractivity (Wildman–Crippen MR) is 260 cm³/mol. The third-order valence-electron chi connectivity index (χ3n) is 12.8. The van der Waals surface area contributed by atoms with Crippen LogP contribution in [0.5, 0.6) is 0 Å². The first-order valence-electron chi connectivity index (χ1n) is 21.5. The van der Waals surface area contributed by atoms with Crippen LogP contribution in [0.15, 0.2) is 229 Å². The minimum atomic E-state index is 0.917. The third-order valence-corrected chi connectivity index (χ3v) is 12.8. The summed E-state index contributed by atoms with van der Waals surface area (Å²) in [5, 5.41) is 6.24. The van der Waals surface area contributed by atoms with Crippen molar-refractivity contribution in [2.45, 2.75) is 12.8 Å². The van der Waals surface area contributed by atoms with Crippen LogP contribution in [0.2, 0.25) is 0 Å². The van der Waals surface area contributed by atoms with E-state index in [0.29, 0.717) is 0 Å². The highest BCUT2D eigenvalue weighted by molar-refractivity contribution is 6.14. The van der Waals surface area contributed by atoms with Gasteiger partial charge < -0.3 is 9.32 Å². The standard InChI is InChI=1S/C60H41NO/c1-3-15-40(16-4-1)50-21-11-13-25-57(50)61(46-32-29-42(30-33-46)54-37-44-19-7-8-20-48(44)51-22-9-10-23-52(51)54)47-34-35-49(55(39-47)41-17-5-2-6-18-41)45-28-27-43-31-36-59-60(56(43)38-45)53-24-12-14-26-58(53)62-59/h1-30,32-35,37-39H,31,36H2. The number of aryl methyl sites for hydroxylation is 2. The summed E-state index contributed by atoms with van der Waals surface area (Å²) >= 11 is 0. The fraction of sp³-hybridized carbons (Fsp3) is 0.0333. The highest BCUT2D eigenvalue weighted by atomic mass is 16.3. The van der Waals surface area contributed by atoms with Crippen LogP contribution in [0.4, 0.5) is 17.1 Å². The summed E-state index contributed by atoms with van der Waals surface area (Å²) in [6.45, 7) is 0. The lowest BCUT2D eigenvalue weighted by Crippen LogP contribution is -2.11. The van der Waals surface area contributed by atoms with Gasteiger partial charge >= 0.3 is 0 Å². The molecule has 0 bridgehead atoms. The van der Waals surface area contributed by atoms with Crippen molar-refractivity contribution in [3.63, 3.8) is 0 Å². The zero-order chi connectivity index (χ0) is 41.0. The van der Waals surface area contributed by atoms with Gasteiger partial charge in [0.05, 0.1) is 5.69 Å². The Morgan fingerprint density at radius 1 is 0.339 bits per heavy atom. The van der Waals surface area contributed by atoms with E-state index in [4.69, 9.17) is 4.42 Å². The van der Waals surface area contributed by atoms with Crippen LogP contribution in [0.1, 0.15) is 11.3 Å². The first-order valence-corrected chi connectivity index (χ1v) is 21.5. The Labute approximate surface area is 361 Å². The number of nitrogens with zero attached hydrogens (tertiary/aromatic N) is 1. The number of hydrogen-bond acceptors (Lipinski definition) is 2. The topological polar surface area (TPSA) is 16.4 Å². The maximum absolute atomic E-state index is 6.42. The molecule has 292 valence electrons. The fourth-order valence-electron chi connectivity index (χ4n) is 9.83. The van der Waals surface area contributed by atoms with E-state index in [1.165, 1.54) is 88.1 Å². The van der Waals surface area contributed by atoms with Crippen molar-refractivity contribution in [2.24, 2.45) is 0 Å². The summed E-state index contributed by atoms with van der Waals surface area (Å²) in [5.74, 6) is 1.09. The Kier molecular flexibility index (Phi) is 8.67. The van der Waals surface area contributed by atoms with Gasteiger partial charge in [-0.05, 0) is 127 Å². The van der Waals surface area contributed by atoms with Crippen molar-refractivity contribution in [2.75, 3.05) is 4.90 Å². The minimum Gasteiger partial charge on any atom is -0.460 e. The number of para-hydroxylation sites is 2. The number of anilines is 3. The quantitative estimate of drug-likeness (QED) is 0.150. The average molecular weight is 792 g/mol. The van der Waals surface area contributed by atoms with E-state index in [9.17, 15) is 0 Å². The van der Waals surface area contributed by atoms with Gasteiger partial charge in [0.2, 0.25) is 0 Å². The number of rotatable bonds is 7. The van der Waals surface area contributed by atoms with Gasteiger partial charge in [0.15, 0.2) is 0 Å². The summed E-state index contributed by atoms with van der Waals surface area (Å²) in [6, 6.07) is 81.8. The highest BCUT2D eigenvalue weighted by Crippen LogP contribution is 2.47. The SMILES string of the molecule is c1ccc(-c2cc(N(c3ccc(-c4cc5ccccc5c5ccccc45)cc3)c3ccccc3-c3ccccc3)ccc2-c2ccc3c(c2)-c2c(oc4ccccc24)CC3)cc1. The maximum Gasteiger partial charge on any atom is 0.134 e. The molecule has 0 radical (unpaired) electrons. The van der Waals surface area contributed by atoms with Gasteiger partial charge in [0, 0.05) is 34.3 Å². The molecule has 10 aromatic carbocycles. The monoisotopic (exact) mass is 791 g/mol. The molecule has 1 aliphatic carbocycles. The lowest BCUT2D eigenvalue weighted by molar-refractivity contribution is 0.546. The second-order valence-electron chi connectivity index (χ2n) is 16.3. The first kappa shape index (κ1) is 36.0. The highest BCUT2D eigenvalue weighted by Gasteiger charge is 2.25. The molecule has 62 heavy (non-hydrogen) atoms.